The van der Waals surface area contributed by atoms with Gasteiger partial charge in [-0.15, -0.1) is 0 Å². The Bertz CT molecular complexity index is 951. The molecule has 1 N–H and O–H groups in total. The Balaban J connectivity index is 1.74. The van der Waals surface area contributed by atoms with Crippen LogP contribution in [0.25, 0.3) is 0 Å². The summed E-state index contributed by atoms with van der Waals surface area (Å²) in [5, 5.41) is 3.98. The number of hydrazone groups is 1. The summed E-state index contributed by atoms with van der Waals surface area (Å²) in [4.78, 5) is 16.0. The third-order valence-electron chi connectivity index (χ3n) is 3.99. The van der Waals surface area contributed by atoms with E-state index in [1.807, 2.05) is 30.3 Å². The van der Waals surface area contributed by atoms with Crippen molar-refractivity contribution < 1.29 is 19.0 Å². The summed E-state index contributed by atoms with van der Waals surface area (Å²) in [5.74, 6) is 1.09. The Morgan fingerprint density at radius 2 is 1.72 bits per heavy atom. The topological polar surface area (TPSA) is 82.0 Å². The third-order valence-corrected chi connectivity index (χ3v) is 3.99. The molecule has 0 aliphatic rings. The number of nitrogens with zero attached hydrogens (tertiary/aromatic N) is 2. The molecular formula is C22H21N3O4. The highest BCUT2D eigenvalue weighted by molar-refractivity contribution is 5.93. The van der Waals surface area contributed by atoms with Gasteiger partial charge in [-0.1, -0.05) is 36.4 Å². The first-order chi connectivity index (χ1) is 14.2. The minimum absolute atomic E-state index is 0.282. The number of rotatable bonds is 8. The standard InChI is InChI=1S/C22H21N3O4/c1-27-19-12-17(14-24-25-22(26)18-10-6-7-11-23-18)13-20(28-2)21(19)29-15-16-8-4-3-5-9-16/h3-14H,15H2,1-2H3,(H,25,26)/b24-14-. The van der Waals surface area contributed by atoms with Crippen LogP contribution in [0.3, 0.4) is 0 Å². The van der Waals surface area contributed by atoms with E-state index in [9.17, 15) is 4.79 Å². The Labute approximate surface area is 169 Å². The zero-order chi connectivity index (χ0) is 20.5. The van der Waals surface area contributed by atoms with Crippen molar-refractivity contribution in [3.8, 4) is 17.2 Å². The molecule has 7 nitrogen and oxygen atoms in total. The van der Waals surface area contributed by atoms with Gasteiger partial charge in [-0.05, 0) is 29.8 Å². The summed E-state index contributed by atoms with van der Waals surface area (Å²) in [5.41, 5.74) is 4.42. The lowest BCUT2D eigenvalue weighted by atomic mass is 10.2. The van der Waals surface area contributed by atoms with Crippen molar-refractivity contribution >= 4 is 12.1 Å². The molecule has 0 fully saturated rings. The predicted molar refractivity (Wildman–Crippen MR) is 110 cm³/mol. The highest BCUT2D eigenvalue weighted by Crippen LogP contribution is 2.38. The van der Waals surface area contributed by atoms with Gasteiger partial charge in [0.25, 0.3) is 5.91 Å². The first kappa shape index (κ1) is 19.9. The van der Waals surface area contributed by atoms with E-state index in [1.54, 1.807) is 50.7 Å². The fourth-order valence-electron chi connectivity index (χ4n) is 2.57. The normalized spacial score (nSPS) is 10.6. The molecule has 3 aromatic rings. The van der Waals surface area contributed by atoms with Crippen LogP contribution < -0.4 is 19.6 Å². The van der Waals surface area contributed by atoms with Crippen LogP contribution in [0, 0.1) is 0 Å². The summed E-state index contributed by atoms with van der Waals surface area (Å²) >= 11 is 0. The summed E-state index contributed by atoms with van der Waals surface area (Å²) in [6, 6.07) is 18.4. The second-order valence-electron chi connectivity index (χ2n) is 5.94. The molecule has 0 unspecified atom stereocenters. The van der Waals surface area contributed by atoms with Crippen LogP contribution in [0.4, 0.5) is 0 Å². The van der Waals surface area contributed by atoms with Gasteiger partial charge in [0.15, 0.2) is 11.5 Å². The number of nitrogens with one attached hydrogen (secondary N) is 1. The van der Waals surface area contributed by atoms with Gasteiger partial charge in [0.1, 0.15) is 12.3 Å². The van der Waals surface area contributed by atoms with Crippen LogP contribution in [0.2, 0.25) is 0 Å². The van der Waals surface area contributed by atoms with E-state index in [0.717, 1.165) is 5.56 Å². The van der Waals surface area contributed by atoms with E-state index in [2.05, 4.69) is 15.5 Å². The number of methoxy groups -OCH3 is 2. The summed E-state index contributed by atoms with van der Waals surface area (Å²) in [7, 11) is 3.10. The van der Waals surface area contributed by atoms with Crippen LogP contribution in [0.5, 0.6) is 17.2 Å². The lowest BCUT2D eigenvalue weighted by Gasteiger charge is -2.15. The van der Waals surface area contributed by atoms with Crippen LogP contribution in [0.1, 0.15) is 21.6 Å². The zero-order valence-corrected chi connectivity index (χ0v) is 16.2. The molecule has 2 aromatic carbocycles. The van der Waals surface area contributed by atoms with Crippen molar-refractivity contribution in [1.82, 2.24) is 10.4 Å². The lowest BCUT2D eigenvalue weighted by molar-refractivity contribution is 0.0950. The second kappa shape index (κ2) is 9.89. The number of hydrogen-bond acceptors (Lipinski definition) is 6. The minimum Gasteiger partial charge on any atom is -0.493 e. The minimum atomic E-state index is -0.399. The van der Waals surface area contributed by atoms with Crippen molar-refractivity contribution in [2.24, 2.45) is 5.10 Å². The third kappa shape index (κ3) is 5.32. The van der Waals surface area contributed by atoms with Gasteiger partial charge in [-0.2, -0.15) is 5.10 Å². The van der Waals surface area contributed by atoms with Gasteiger partial charge in [0.2, 0.25) is 5.75 Å². The van der Waals surface area contributed by atoms with Crippen molar-refractivity contribution in [1.29, 1.82) is 0 Å². The maximum Gasteiger partial charge on any atom is 0.289 e. The van der Waals surface area contributed by atoms with Crippen LogP contribution in [-0.2, 0) is 6.61 Å². The fourth-order valence-corrected chi connectivity index (χ4v) is 2.57. The maximum atomic E-state index is 12.0. The van der Waals surface area contributed by atoms with E-state index < -0.39 is 5.91 Å². The van der Waals surface area contributed by atoms with E-state index in [4.69, 9.17) is 14.2 Å². The Morgan fingerprint density at radius 1 is 1.03 bits per heavy atom. The van der Waals surface area contributed by atoms with E-state index in [1.165, 1.54) is 6.21 Å². The second-order valence-corrected chi connectivity index (χ2v) is 5.94. The molecule has 0 aliphatic carbocycles. The lowest BCUT2D eigenvalue weighted by Crippen LogP contribution is -2.18. The number of pyridine rings is 1. The molecule has 7 heteroatoms. The van der Waals surface area contributed by atoms with Crippen molar-refractivity contribution in [3.05, 3.63) is 83.7 Å². The maximum absolute atomic E-state index is 12.0. The number of amides is 1. The van der Waals surface area contributed by atoms with E-state index >= 15 is 0 Å². The largest absolute Gasteiger partial charge is 0.493 e. The average molecular weight is 391 g/mol. The molecule has 1 amide bonds. The number of aromatic nitrogens is 1. The van der Waals surface area contributed by atoms with Crippen molar-refractivity contribution in [2.45, 2.75) is 6.61 Å². The number of carbonyl (C=O) groups excluding carboxylic acids is 1. The highest BCUT2D eigenvalue weighted by Gasteiger charge is 2.14. The molecule has 0 spiro atoms. The molecule has 0 bridgehead atoms. The molecule has 1 heterocycles. The van der Waals surface area contributed by atoms with Gasteiger partial charge < -0.3 is 14.2 Å². The quantitative estimate of drug-likeness (QED) is 0.470. The first-order valence-corrected chi connectivity index (χ1v) is 8.88. The highest BCUT2D eigenvalue weighted by atomic mass is 16.5. The van der Waals surface area contributed by atoms with Gasteiger partial charge in [0.05, 0.1) is 20.4 Å². The van der Waals surface area contributed by atoms with Crippen molar-refractivity contribution in [2.75, 3.05) is 14.2 Å². The SMILES string of the molecule is COc1cc(/C=N\NC(=O)c2ccccn2)cc(OC)c1OCc1ccccc1. The van der Waals surface area contributed by atoms with Gasteiger partial charge in [-0.25, -0.2) is 5.43 Å². The zero-order valence-electron chi connectivity index (χ0n) is 16.2. The molecular weight excluding hydrogens is 370 g/mol. The monoisotopic (exact) mass is 391 g/mol. The first-order valence-electron chi connectivity index (χ1n) is 8.88. The number of benzene rings is 2. The van der Waals surface area contributed by atoms with Crippen LogP contribution in [0.15, 0.2) is 72.0 Å². The van der Waals surface area contributed by atoms with Gasteiger partial charge in [0, 0.05) is 11.8 Å². The molecule has 3 rings (SSSR count). The van der Waals surface area contributed by atoms with Gasteiger partial charge in [-0.3, -0.25) is 9.78 Å². The smallest absolute Gasteiger partial charge is 0.289 e. The molecule has 0 radical (unpaired) electrons. The molecule has 0 atom stereocenters. The number of carbonyl (C=O) groups is 1. The van der Waals surface area contributed by atoms with E-state index in [0.29, 0.717) is 29.4 Å². The molecule has 0 saturated heterocycles. The summed E-state index contributed by atoms with van der Waals surface area (Å²) in [6.07, 6.45) is 3.04. The molecule has 0 aliphatic heterocycles. The Hall–Kier alpha value is -3.87. The summed E-state index contributed by atoms with van der Waals surface area (Å²) < 4.78 is 16.8. The van der Waals surface area contributed by atoms with Gasteiger partial charge >= 0.3 is 0 Å². The Kier molecular flexibility index (Phi) is 6.78. The summed E-state index contributed by atoms with van der Waals surface area (Å²) in [6.45, 7) is 0.376. The molecule has 0 saturated carbocycles. The molecule has 148 valence electrons. The average Bonchev–Trinajstić information content (AvgIpc) is 2.78. The van der Waals surface area contributed by atoms with E-state index in [-0.39, 0.29) is 5.69 Å². The van der Waals surface area contributed by atoms with Crippen molar-refractivity contribution in [3.63, 3.8) is 0 Å². The molecule has 1 aromatic heterocycles. The molecule has 29 heavy (non-hydrogen) atoms. The van der Waals surface area contributed by atoms with Crippen LogP contribution >= 0.6 is 0 Å². The van der Waals surface area contributed by atoms with Crippen LogP contribution in [-0.4, -0.2) is 31.3 Å². The number of ether oxygens (including phenoxy) is 3. The predicted octanol–water partition coefficient (Wildman–Crippen LogP) is 3.44. The Morgan fingerprint density at radius 3 is 2.34 bits per heavy atom. The fraction of sp³-hybridized carbons (Fsp3) is 0.136. The number of hydrogen-bond donors (Lipinski definition) is 1.